The van der Waals surface area contributed by atoms with Crippen LogP contribution in [0.2, 0.25) is 10.0 Å². The normalized spacial score (nSPS) is 11.7. The Morgan fingerprint density at radius 2 is 1.57 bits per heavy atom. The average Bonchev–Trinajstić information content (AvgIpc) is 2.84. The van der Waals surface area contributed by atoms with Crippen molar-refractivity contribution in [2.45, 2.75) is 32.9 Å². The van der Waals surface area contributed by atoms with Crippen molar-refractivity contribution in [3.8, 4) is 5.75 Å². The Labute approximate surface area is 217 Å². The number of hydrogen-bond acceptors (Lipinski definition) is 3. The summed E-state index contributed by atoms with van der Waals surface area (Å²) in [7, 11) is 0. The third-order valence-corrected chi connectivity index (χ3v) is 6.03. The molecule has 184 valence electrons. The van der Waals surface area contributed by atoms with Crippen molar-refractivity contribution in [3.63, 3.8) is 0 Å². The number of ether oxygens (including phenoxy) is 1. The van der Waals surface area contributed by atoms with E-state index in [9.17, 15) is 9.59 Å². The fourth-order valence-electron chi connectivity index (χ4n) is 3.58. The second-order valence-corrected chi connectivity index (χ2v) is 9.50. The predicted molar refractivity (Wildman–Crippen MR) is 141 cm³/mol. The van der Waals surface area contributed by atoms with Crippen LogP contribution in [0.5, 0.6) is 5.75 Å². The van der Waals surface area contributed by atoms with Gasteiger partial charge in [-0.1, -0.05) is 91.6 Å². The number of carbonyl (C=O) groups excluding carboxylic acids is 2. The Morgan fingerprint density at radius 1 is 0.914 bits per heavy atom. The standard InChI is InChI=1S/C28H30Cl2N2O3/c1-20(2)16-17-31-28(34)27(22-8-4-3-5-9-22)32(18-21-12-14-23(29)15-13-21)26(33)19-35-25-11-7-6-10-24(25)30/h3-15,20,27H,16-19H2,1-2H3,(H,31,34)/t27-/m1/s1. The number of nitrogens with one attached hydrogen (secondary N) is 1. The molecule has 0 fully saturated rings. The molecule has 0 saturated carbocycles. The highest BCUT2D eigenvalue weighted by Crippen LogP contribution is 2.26. The van der Waals surface area contributed by atoms with Gasteiger partial charge in [-0.05, 0) is 47.7 Å². The lowest BCUT2D eigenvalue weighted by Crippen LogP contribution is -2.45. The van der Waals surface area contributed by atoms with Gasteiger partial charge < -0.3 is 15.0 Å². The maximum absolute atomic E-state index is 13.6. The van der Waals surface area contributed by atoms with Crippen LogP contribution in [0, 0.1) is 5.92 Å². The molecule has 0 saturated heterocycles. The van der Waals surface area contributed by atoms with Gasteiger partial charge in [0.15, 0.2) is 6.61 Å². The van der Waals surface area contributed by atoms with E-state index in [-0.39, 0.29) is 25.0 Å². The van der Waals surface area contributed by atoms with E-state index in [2.05, 4.69) is 19.2 Å². The molecule has 0 spiro atoms. The molecule has 1 N–H and O–H groups in total. The first-order valence-electron chi connectivity index (χ1n) is 11.6. The molecule has 0 aliphatic carbocycles. The summed E-state index contributed by atoms with van der Waals surface area (Å²) in [5.41, 5.74) is 1.56. The number of halogens is 2. The molecular formula is C28H30Cl2N2O3. The molecule has 0 radical (unpaired) electrons. The summed E-state index contributed by atoms with van der Waals surface area (Å²) in [6.07, 6.45) is 0.841. The lowest BCUT2D eigenvalue weighted by molar-refractivity contribution is -0.143. The van der Waals surface area contributed by atoms with Gasteiger partial charge in [0.1, 0.15) is 11.8 Å². The number of para-hydroxylation sites is 1. The Kier molecular flexibility index (Phi) is 10.0. The van der Waals surface area contributed by atoms with Crippen LogP contribution in [0.3, 0.4) is 0 Å². The molecule has 0 heterocycles. The minimum absolute atomic E-state index is 0.207. The Hall–Kier alpha value is -3.02. The summed E-state index contributed by atoms with van der Waals surface area (Å²) >= 11 is 12.3. The third-order valence-electron chi connectivity index (χ3n) is 5.47. The zero-order valence-corrected chi connectivity index (χ0v) is 21.4. The van der Waals surface area contributed by atoms with Gasteiger partial charge in [0.05, 0.1) is 5.02 Å². The molecule has 3 rings (SSSR count). The van der Waals surface area contributed by atoms with Crippen LogP contribution in [0.25, 0.3) is 0 Å². The summed E-state index contributed by atoms with van der Waals surface area (Å²) in [6, 6.07) is 22.6. The molecule has 35 heavy (non-hydrogen) atoms. The van der Waals surface area contributed by atoms with Crippen molar-refractivity contribution in [3.05, 3.63) is 100 Å². The molecule has 0 aliphatic heterocycles. The molecule has 3 aromatic rings. The van der Waals surface area contributed by atoms with E-state index >= 15 is 0 Å². The Balaban J connectivity index is 1.91. The van der Waals surface area contributed by atoms with E-state index in [1.165, 1.54) is 0 Å². The SMILES string of the molecule is CC(C)CCNC(=O)[C@@H](c1ccccc1)N(Cc1ccc(Cl)cc1)C(=O)COc1ccccc1Cl. The Morgan fingerprint density at radius 3 is 2.23 bits per heavy atom. The second kappa shape index (κ2) is 13.2. The minimum Gasteiger partial charge on any atom is -0.482 e. The molecule has 3 aromatic carbocycles. The second-order valence-electron chi connectivity index (χ2n) is 8.65. The fourth-order valence-corrected chi connectivity index (χ4v) is 3.90. The van der Waals surface area contributed by atoms with Gasteiger partial charge >= 0.3 is 0 Å². The quantitative estimate of drug-likeness (QED) is 0.327. The smallest absolute Gasteiger partial charge is 0.261 e. The van der Waals surface area contributed by atoms with E-state index in [0.29, 0.717) is 28.3 Å². The summed E-state index contributed by atoms with van der Waals surface area (Å²) < 4.78 is 5.74. The first-order valence-corrected chi connectivity index (χ1v) is 12.3. The van der Waals surface area contributed by atoms with Crippen molar-refractivity contribution < 1.29 is 14.3 Å². The van der Waals surface area contributed by atoms with Crippen LogP contribution in [-0.2, 0) is 16.1 Å². The van der Waals surface area contributed by atoms with E-state index in [1.807, 2.05) is 42.5 Å². The van der Waals surface area contributed by atoms with Crippen LogP contribution >= 0.6 is 23.2 Å². The Bertz CT molecular complexity index is 1100. The van der Waals surface area contributed by atoms with Crippen LogP contribution in [0.15, 0.2) is 78.9 Å². The number of carbonyl (C=O) groups is 2. The largest absolute Gasteiger partial charge is 0.482 e. The zero-order chi connectivity index (χ0) is 25.2. The number of benzene rings is 3. The van der Waals surface area contributed by atoms with Gasteiger partial charge in [-0.2, -0.15) is 0 Å². The molecular weight excluding hydrogens is 483 g/mol. The molecule has 1 atom stereocenters. The molecule has 0 aromatic heterocycles. The van der Waals surface area contributed by atoms with Crippen LogP contribution < -0.4 is 10.1 Å². The molecule has 0 aliphatic rings. The number of hydrogen-bond donors (Lipinski definition) is 1. The lowest BCUT2D eigenvalue weighted by atomic mass is 10.0. The zero-order valence-electron chi connectivity index (χ0n) is 19.9. The summed E-state index contributed by atoms with van der Waals surface area (Å²) in [5, 5.41) is 4.02. The topological polar surface area (TPSA) is 58.6 Å². The monoisotopic (exact) mass is 512 g/mol. The molecule has 7 heteroatoms. The maximum Gasteiger partial charge on any atom is 0.261 e. The van der Waals surface area contributed by atoms with Crippen molar-refractivity contribution in [1.82, 2.24) is 10.2 Å². The van der Waals surface area contributed by atoms with Gasteiger partial charge in [0, 0.05) is 18.1 Å². The van der Waals surface area contributed by atoms with Gasteiger partial charge in [0.25, 0.3) is 5.91 Å². The molecule has 5 nitrogen and oxygen atoms in total. The molecule has 0 bridgehead atoms. The van der Waals surface area contributed by atoms with Crippen LogP contribution in [0.4, 0.5) is 0 Å². The highest BCUT2D eigenvalue weighted by atomic mass is 35.5. The highest BCUT2D eigenvalue weighted by molar-refractivity contribution is 6.32. The minimum atomic E-state index is -0.832. The van der Waals surface area contributed by atoms with Gasteiger partial charge in [0.2, 0.25) is 5.91 Å². The first kappa shape index (κ1) is 26.6. The van der Waals surface area contributed by atoms with Gasteiger partial charge in [-0.3, -0.25) is 9.59 Å². The molecule has 0 unspecified atom stereocenters. The average molecular weight is 513 g/mol. The summed E-state index contributed by atoms with van der Waals surface area (Å²) in [4.78, 5) is 28.5. The van der Waals surface area contributed by atoms with Gasteiger partial charge in [-0.25, -0.2) is 0 Å². The first-order chi connectivity index (χ1) is 16.8. The number of rotatable bonds is 11. The van der Waals surface area contributed by atoms with Crippen molar-refractivity contribution in [1.29, 1.82) is 0 Å². The van der Waals surface area contributed by atoms with E-state index < -0.39 is 6.04 Å². The van der Waals surface area contributed by atoms with Gasteiger partial charge in [-0.15, -0.1) is 0 Å². The van der Waals surface area contributed by atoms with E-state index in [0.717, 1.165) is 17.5 Å². The van der Waals surface area contributed by atoms with Crippen molar-refractivity contribution in [2.75, 3.05) is 13.2 Å². The lowest BCUT2D eigenvalue weighted by Gasteiger charge is -2.31. The van der Waals surface area contributed by atoms with Crippen molar-refractivity contribution >= 4 is 35.0 Å². The van der Waals surface area contributed by atoms with Crippen LogP contribution in [-0.4, -0.2) is 29.9 Å². The van der Waals surface area contributed by atoms with Crippen molar-refractivity contribution in [2.24, 2.45) is 5.92 Å². The number of nitrogens with zero attached hydrogens (tertiary/aromatic N) is 1. The summed E-state index contributed by atoms with van der Waals surface area (Å²) in [6.45, 7) is 4.67. The highest BCUT2D eigenvalue weighted by Gasteiger charge is 2.31. The van der Waals surface area contributed by atoms with E-state index in [1.54, 1.807) is 41.3 Å². The number of amides is 2. The van der Waals surface area contributed by atoms with E-state index in [4.69, 9.17) is 27.9 Å². The third kappa shape index (κ3) is 8.01. The fraction of sp³-hybridized carbons (Fsp3) is 0.286. The maximum atomic E-state index is 13.6. The summed E-state index contributed by atoms with van der Waals surface area (Å²) in [5.74, 6) is 0.276. The predicted octanol–water partition coefficient (Wildman–Crippen LogP) is 6.30. The van der Waals surface area contributed by atoms with Crippen LogP contribution in [0.1, 0.15) is 37.4 Å². The molecule has 2 amide bonds.